The molecule has 0 aromatic carbocycles. The minimum absolute atomic E-state index is 0.0193. The van der Waals surface area contributed by atoms with E-state index in [0.717, 1.165) is 0 Å². The summed E-state index contributed by atoms with van der Waals surface area (Å²) in [7, 11) is 0. The normalized spacial score (nSPS) is 25.5. The largest absolute Gasteiger partial charge is 0.479 e. The molecule has 1 aliphatic heterocycles. The summed E-state index contributed by atoms with van der Waals surface area (Å²) in [5.74, 6) is -1.06. The molecule has 2 atom stereocenters. The van der Waals surface area contributed by atoms with Crippen LogP contribution in [0.2, 0.25) is 0 Å². The second-order valence-corrected chi connectivity index (χ2v) is 5.14. The second kappa shape index (κ2) is 4.91. The average molecular weight is 245 g/mol. The minimum Gasteiger partial charge on any atom is -0.479 e. The van der Waals surface area contributed by atoms with E-state index < -0.39 is 23.8 Å². The lowest BCUT2D eigenvalue weighted by Crippen LogP contribution is -2.54. The van der Waals surface area contributed by atoms with Crippen LogP contribution in [0.4, 0.5) is 4.79 Å². The zero-order valence-corrected chi connectivity index (χ0v) is 10.6. The first kappa shape index (κ1) is 13.8. The molecular weight excluding hydrogens is 226 g/mol. The van der Waals surface area contributed by atoms with Gasteiger partial charge in [0, 0.05) is 0 Å². The molecule has 17 heavy (non-hydrogen) atoms. The molecule has 1 heterocycles. The first-order valence-electron chi connectivity index (χ1n) is 5.55. The van der Waals surface area contributed by atoms with Gasteiger partial charge in [0.1, 0.15) is 5.60 Å². The number of carbonyl (C=O) groups is 2. The zero-order chi connectivity index (χ0) is 13.2. The Labute approximate surface area is 100 Å². The number of carbonyl (C=O) groups excluding carboxylic acids is 1. The standard InChI is InChI=1S/C11H19NO5/c1-7-6-16-8(9(13)14)5-12(7)10(15)17-11(2,3)4/h7-8H,5-6H2,1-4H3,(H,13,14)/t7-,8-/m0/s1. The molecule has 1 N–H and O–H groups in total. The van der Waals surface area contributed by atoms with E-state index in [0.29, 0.717) is 0 Å². The van der Waals surface area contributed by atoms with E-state index in [9.17, 15) is 9.59 Å². The highest BCUT2D eigenvalue weighted by Gasteiger charge is 2.35. The first-order chi connectivity index (χ1) is 7.70. The second-order valence-electron chi connectivity index (χ2n) is 5.14. The van der Waals surface area contributed by atoms with Crippen molar-refractivity contribution in [3.05, 3.63) is 0 Å². The van der Waals surface area contributed by atoms with E-state index in [1.807, 2.05) is 0 Å². The molecule has 0 unspecified atom stereocenters. The van der Waals surface area contributed by atoms with Crippen molar-refractivity contribution in [3.8, 4) is 0 Å². The molecule has 0 aromatic rings. The SMILES string of the molecule is C[C@H]1CO[C@H](C(=O)O)CN1C(=O)OC(C)(C)C. The molecule has 1 amide bonds. The number of morpholine rings is 1. The van der Waals surface area contributed by atoms with Crippen LogP contribution in [0.3, 0.4) is 0 Å². The van der Waals surface area contributed by atoms with E-state index >= 15 is 0 Å². The zero-order valence-electron chi connectivity index (χ0n) is 10.6. The molecule has 0 spiro atoms. The minimum atomic E-state index is -1.06. The van der Waals surface area contributed by atoms with Crippen LogP contribution < -0.4 is 0 Å². The van der Waals surface area contributed by atoms with E-state index in [1.165, 1.54) is 4.90 Å². The number of hydrogen-bond donors (Lipinski definition) is 1. The third kappa shape index (κ3) is 3.89. The van der Waals surface area contributed by atoms with Crippen molar-refractivity contribution in [1.29, 1.82) is 0 Å². The maximum absolute atomic E-state index is 11.8. The highest BCUT2D eigenvalue weighted by Crippen LogP contribution is 2.16. The summed E-state index contributed by atoms with van der Waals surface area (Å²) < 4.78 is 10.3. The summed E-state index contributed by atoms with van der Waals surface area (Å²) in [6.07, 6.45) is -1.47. The van der Waals surface area contributed by atoms with Gasteiger partial charge in [-0.25, -0.2) is 9.59 Å². The van der Waals surface area contributed by atoms with Crippen molar-refractivity contribution >= 4 is 12.1 Å². The molecule has 1 rings (SSSR count). The van der Waals surface area contributed by atoms with Gasteiger partial charge < -0.3 is 14.6 Å². The summed E-state index contributed by atoms with van der Waals surface area (Å²) in [6.45, 7) is 7.32. The molecule has 6 nitrogen and oxygen atoms in total. The highest BCUT2D eigenvalue weighted by molar-refractivity contribution is 5.75. The molecule has 0 saturated carbocycles. The molecule has 0 bridgehead atoms. The summed E-state index contributed by atoms with van der Waals surface area (Å²) in [5.41, 5.74) is -0.589. The molecule has 1 fully saturated rings. The van der Waals surface area contributed by atoms with Crippen molar-refractivity contribution in [2.45, 2.75) is 45.4 Å². The van der Waals surface area contributed by atoms with E-state index in [-0.39, 0.29) is 19.2 Å². The lowest BCUT2D eigenvalue weighted by Gasteiger charge is -2.37. The maximum Gasteiger partial charge on any atom is 0.410 e. The third-order valence-electron chi connectivity index (χ3n) is 2.34. The van der Waals surface area contributed by atoms with Gasteiger partial charge in [-0.05, 0) is 27.7 Å². The van der Waals surface area contributed by atoms with E-state index in [4.69, 9.17) is 14.6 Å². The van der Waals surface area contributed by atoms with Gasteiger partial charge in [-0.15, -0.1) is 0 Å². The van der Waals surface area contributed by atoms with Crippen molar-refractivity contribution in [2.24, 2.45) is 0 Å². The van der Waals surface area contributed by atoms with Crippen molar-refractivity contribution in [2.75, 3.05) is 13.2 Å². The number of rotatable bonds is 1. The summed E-state index contributed by atoms with van der Waals surface area (Å²) in [5, 5.41) is 8.85. The molecule has 0 radical (unpaired) electrons. The highest BCUT2D eigenvalue weighted by atomic mass is 16.6. The molecular formula is C11H19NO5. The number of nitrogens with zero attached hydrogens (tertiary/aromatic N) is 1. The fourth-order valence-electron chi connectivity index (χ4n) is 1.48. The number of hydrogen-bond acceptors (Lipinski definition) is 4. The topological polar surface area (TPSA) is 76.1 Å². The molecule has 6 heteroatoms. The Bertz CT molecular complexity index is 309. The van der Waals surface area contributed by atoms with Crippen LogP contribution in [0.15, 0.2) is 0 Å². The number of ether oxygens (including phenoxy) is 2. The third-order valence-corrected chi connectivity index (χ3v) is 2.34. The molecule has 1 saturated heterocycles. The lowest BCUT2D eigenvalue weighted by molar-refractivity contribution is -0.158. The van der Waals surface area contributed by atoms with Crippen LogP contribution in [0.25, 0.3) is 0 Å². The van der Waals surface area contributed by atoms with Gasteiger partial charge >= 0.3 is 12.1 Å². The van der Waals surface area contributed by atoms with Gasteiger partial charge in [-0.2, -0.15) is 0 Å². The predicted molar refractivity (Wildman–Crippen MR) is 59.8 cm³/mol. The van der Waals surface area contributed by atoms with Crippen LogP contribution in [0.5, 0.6) is 0 Å². The summed E-state index contributed by atoms with van der Waals surface area (Å²) >= 11 is 0. The quantitative estimate of drug-likeness (QED) is 0.748. The Kier molecular flexibility index (Phi) is 3.98. The van der Waals surface area contributed by atoms with Crippen molar-refractivity contribution in [1.82, 2.24) is 4.90 Å². The van der Waals surface area contributed by atoms with Gasteiger partial charge in [-0.1, -0.05) is 0 Å². The number of carboxylic acid groups (broad SMARTS) is 1. The Balaban J connectivity index is 2.67. The fraction of sp³-hybridized carbons (Fsp3) is 0.818. The monoisotopic (exact) mass is 245 g/mol. The van der Waals surface area contributed by atoms with Gasteiger partial charge in [0.15, 0.2) is 6.10 Å². The Morgan fingerprint density at radius 3 is 2.47 bits per heavy atom. The lowest BCUT2D eigenvalue weighted by atomic mass is 10.2. The van der Waals surface area contributed by atoms with Crippen molar-refractivity contribution in [3.63, 3.8) is 0 Å². The molecule has 0 aromatic heterocycles. The Morgan fingerprint density at radius 2 is 2.00 bits per heavy atom. The van der Waals surface area contributed by atoms with Crippen LogP contribution in [0.1, 0.15) is 27.7 Å². The molecule has 1 aliphatic rings. The van der Waals surface area contributed by atoms with Crippen LogP contribution in [-0.4, -0.2) is 53.0 Å². The fourth-order valence-corrected chi connectivity index (χ4v) is 1.48. The first-order valence-corrected chi connectivity index (χ1v) is 5.55. The number of aliphatic carboxylic acids is 1. The Hall–Kier alpha value is -1.30. The van der Waals surface area contributed by atoms with Crippen LogP contribution in [0, 0.1) is 0 Å². The van der Waals surface area contributed by atoms with Crippen molar-refractivity contribution < 1.29 is 24.2 Å². The van der Waals surface area contributed by atoms with E-state index in [2.05, 4.69) is 0 Å². The molecule has 98 valence electrons. The number of amides is 1. The summed E-state index contributed by atoms with van der Waals surface area (Å²) in [4.78, 5) is 24.1. The van der Waals surface area contributed by atoms with Gasteiger partial charge in [0.2, 0.25) is 0 Å². The van der Waals surface area contributed by atoms with E-state index in [1.54, 1.807) is 27.7 Å². The number of carboxylic acids is 1. The Morgan fingerprint density at radius 1 is 1.41 bits per heavy atom. The van der Waals surface area contributed by atoms with Crippen LogP contribution >= 0.6 is 0 Å². The average Bonchev–Trinajstić information content (AvgIpc) is 2.14. The maximum atomic E-state index is 11.8. The predicted octanol–water partition coefficient (Wildman–Crippen LogP) is 1.10. The van der Waals surface area contributed by atoms with Gasteiger partial charge in [-0.3, -0.25) is 4.90 Å². The molecule has 0 aliphatic carbocycles. The van der Waals surface area contributed by atoms with Crippen LogP contribution in [-0.2, 0) is 14.3 Å². The van der Waals surface area contributed by atoms with Gasteiger partial charge in [0.05, 0.1) is 19.2 Å². The summed E-state index contributed by atoms with van der Waals surface area (Å²) in [6, 6.07) is -0.180. The van der Waals surface area contributed by atoms with Gasteiger partial charge in [0.25, 0.3) is 0 Å². The smallest absolute Gasteiger partial charge is 0.410 e.